The Labute approximate surface area is 218 Å². The van der Waals surface area contributed by atoms with Crippen molar-refractivity contribution in [1.82, 2.24) is 5.32 Å². The van der Waals surface area contributed by atoms with E-state index < -0.39 is 29.5 Å². The maximum Gasteiger partial charge on any atom is 0.408 e. The predicted octanol–water partition coefficient (Wildman–Crippen LogP) is 5.52. The monoisotopic (exact) mass is 507 g/mol. The third-order valence-corrected chi connectivity index (χ3v) is 7.60. The third kappa shape index (κ3) is 5.53. The molecule has 7 nitrogen and oxygen atoms in total. The Balaban J connectivity index is 1.26. The Kier molecular flexibility index (Phi) is 7.03. The Morgan fingerprint density at radius 2 is 1.81 bits per heavy atom. The molecule has 5 rings (SSSR count). The van der Waals surface area contributed by atoms with Crippen LogP contribution < -0.4 is 5.32 Å². The van der Waals surface area contributed by atoms with Crippen LogP contribution in [-0.4, -0.2) is 42.2 Å². The zero-order valence-electron chi connectivity index (χ0n) is 22.2. The molecule has 1 aliphatic heterocycles. The van der Waals surface area contributed by atoms with E-state index in [1.807, 2.05) is 52.0 Å². The van der Waals surface area contributed by atoms with Crippen molar-refractivity contribution in [3.63, 3.8) is 0 Å². The summed E-state index contributed by atoms with van der Waals surface area (Å²) in [5.41, 5.74) is 5.11. The molecule has 0 unspecified atom stereocenters. The van der Waals surface area contributed by atoms with Gasteiger partial charge in [-0.3, -0.25) is 0 Å². The molecular formula is C30H37NO6. The summed E-state index contributed by atoms with van der Waals surface area (Å²) in [5, 5.41) is 2.78. The topological polar surface area (TPSA) is 83.1 Å². The number of benzene rings is 2. The molecule has 1 spiro atoms. The summed E-state index contributed by atoms with van der Waals surface area (Å²) < 4.78 is 23.6. The Morgan fingerprint density at radius 3 is 2.57 bits per heavy atom. The summed E-state index contributed by atoms with van der Waals surface area (Å²) in [5.74, 6) is -1.43. The van der Waals surface area contributed by atoms with Crippen molar-refractivity contribution >= 4 is 12.1 Å². The number of ether oxygens (including phenoxy) is 4. The van der Waals surface area contributed by atoms with Crippen molar-refractivity contribution in [2.45, 2.75) is 89.9 Å². The number of hydrogen-bond acceptors (Lipinski definition) is 6. The minimum Gasteiger partial charge on any atom is -0.458 e. The highest BCUT2D eigenvalue weighted by Crippen LogP contribution is 2.41. The predicted molar refractivity (Wildman–Crippen MR) is 139 cm³/mol. The van der Waals surface area contributed by atoms with Gasteiger partial charge in [-0.25, -0.2) is 9.59 Å². The molecule has 37 heavy (non-hydrogen) atoms. The van der Waals surface area contributed by atoms with E-state index in [0.29, 0.717) is 6.61 Å². The molecule has 0 aromatic heterocycles. The van der Waals surface area contributed by atoms with Gasteiger partial charge in [0.05, 0.1) is 12.7 Å². The van der Waals surface area contributed by atoms with E-state index in [0.717, 1.165) is 37.7 Å². The number of fused-ring (bicyclic) bond motifs is 3. The van der Waals surface area contributed by atoms with Gasteiger partial charge in [0.1, 0.15) is 18.2 Å². The number of esters is 1. The van der Waals surface area contributed by atoms with Gasteiger partial charge in [0.25, 0.3) is 0 Å². The Bertz CT molecular complexity index is 1160. The molecule has 1 amide bonds. The average Bonchev–Trinajstić information content (AvgIpc) is 3.59. The lowest BCUT2D eigenvalue weighted by Crippen LogP contribution is -2.51. The Morgan fingerprint density at radius 1 is 1.08 bits per heavy atom. The van der Waals surface area contributed by atoms with E-state index in [2.05, 4.69) is 23.5 Å². The van der Waals surface area contributed by atoms with Crippen molar-refractivity contribution in [2.75, 3.05) is 6.61 Å². The minimum absolute atomic E-state index is 0.116. The largest absolute Gasteiger partial charge is 0.458 e. The summed E-state index contributed by atoms with van der Waals surface area (Å²) in [7, 11) is 0. The lowest BCUT2D eigenvalue weighted by molar-refractivity contribution is -0.173. The second-order valence-corrected chi connectivity index (χ2v) is 11.5. The van der Waals surface area contributed by atoms with E-state index in [-0.39, 0.29) is 18.6 Å². The molecule has 198 valence electrons. The van der Waals surface area contributed by atoms with E-state index in [9.17, 15) is 9.59 Å². The zero-order chi connectivity index (χ0) is 26.2. The van der Waals surface area contributed by atoms with E-state index in [1.165, 1.54) is 22.3 Å². The second-order valence-electron chi connectivity index (χ2n) is 11.5. The zero-order valence-corrected chi connectivity index (χ0v) is 22.2. The number of carbonyl (C=O) groups is 2. The minimum atomic E-state index is -0.928. The summed E-state index contributed by atoms with van der Waals surface area (Å²) in [6, 6.07) is 13.5. The summed E-state index contributed by atoms with van der Waals surface area (Å²) in [6.45, 7) is 7.81. The van der Waals surface area contributed by atoms with E-state index >= 15 is 0 Å². The first-order valence-electron chi connectivity index (χ1n) is 13.3. The normalized spacial score (nSPS) is 21.2. The lowest BCUT2D eigenvalue weighted by atomic mass is 9.95. The first-order valence-corrected chi connectivity index (χ1v) is 13.3. The van der Waals surface area contributed by atoms with Gasteiger partial charge in [0, 0.05) is 18.8 Å². The van der Waals surface area contributed by atoms with Crippen LogP contribution in [0.3, 0.4) is 0 Å². The van der Waals surface area contributed by atoms with Gasteiger partial charge in [-0.1, -0.05) is 49.4 Å². The highest BCUT2D eigenvalue weighted by Gasteiger charge is 2.48. The van der Waals surface area contributed by atoms with Crippen LogP contribution >= 0.6 is 0 Å². The smallest absolute Gasteiger partial charge is 0.408 e. The van der Waals surface area contributed by atoms with Crippen LogP contribution in [0.4, 0.5) is 4.79 Å². The van der Waals surface area contributed by atoms with Gasteiger partial charge in [0.2, 0.25) is 0 Å². The van der Waals surface area contributed by atoms with Gasteiger partial charge in [-0.15, -0.1) is 0 Å². The van der Waals surface area contributed by atoms with Crippen LogP contribution in [0.1, 0.15) is 70.1 Å². The van der Waals surface area contributed by atoms with Gasteiger partial charge in [-0.2, -0.15) is 0 Å². The molecule has 1 saturated heterocycles. The molecule has 0 radical (unpaired) electrons. The fourth-order valence-electron chi connectivity index (χ4n) is 5.67. The molecule has 1 N–H and O–H groups in total. The maximum atomic E-state index is 13.2. The average molecular weight is 508 g/mol. The number of carbonyl (C=O) groups excluding carboxylic acids is 2. The van der Waals surface area contributed by atoms with Crippen molar-refractivity contribution in [3.8, 4) is 11.1 Å². The van der Waals surface area contributed by atoms with E-state index in [4.69, 9.17) is 18.9 Å². The van der Waals surface area contributed by atoms with Crippen molar-refractivity contribution in [1.29, 1.82) is 0 Å². The van der Waals surface area contributed by atoms with Crippen LogP contribution in [0.2, 0.25) is 0 Å². The van der Waals surface area contributed by atoms with Crippen LogP contribution in [0.15, 0.2) is 42.5 Å². The molecule has 1 heterocycles. The number of nitrogens with one attached hydrogen (secondary N) is 1. The van der Waals surface area contributed by atoms with Gasteiger partial charge in [0.15, 0.2) is 5.79 Å². The lowest BCUT2D eigenvalue weighted by Gasteiger charge is -2.30. The summed E-state index contributed by atoms with van der Waals surface area (Å²) in [6.07, 6.45) is 3.66. The molecule has 7 heteroatoms. The maximum absolute atomic E-state index is 13.2. The van der Waals surface area contributed by atoms with Gasteiger partial charge < -0.3 is 24.3 Å². The standard InChI is InChI=1S/C30H37NO6/c1-19(25-18-35-30(36-25)14-7-8-15-30)26(27(32)37-29(2,3)4)31-28(33)34-17-21-11-9-13-23-22-12-6-5-10-20(22)16-24(21)23/h5-6,9-13,19,25-26H,7-8,14-18H2,1-4H3,(H,31,33)/t19-,25-,26-/m0/s1. The molecular weight excluding hydrogens is 470 g/mol. The van der Waals surface area contributed by atoms with Crippen molar-refractivity contribution in [3.05, 3.63) is 59.2 Å². The highest BCUT2D eigenvalue weighted by molar-refractivity contribution is 5.82. The number of rotatable bonds is 6. The molecule has 2 fully saturated rings. The fraction of sp³-hybridized carbons (Fsp3) is 0.533. The third-order valence-electron chi connectivity index (χ3n) is 7.60. The van der Waals surface area contributed by atoms with Crippen LogP contribution in [0.5, 0.6) is 0 Å². The molecule has 2 aromatic carbocycles. The van der Waals surface area contributed by atoms with Gasteiger partial charge >= 0.3 is 12.1 Å². The molecule has 3 atom stereocenters. The van der Waals surface area contributed by atoms with Crippen LogP contribution in [0.25, 0.3) is 11.1 Å². The quantitative estimate of drug-likeness (QED) is 0.443. The van der Waals surface area contributed by atoms with Crippen molar-refractivity contribution < 1.29 is 28.5 Å². The fourth-order valence-corrected chi connectivity index (χ4v) is 5.67. The summed E-state index contributed by atoms with van der Waals surface area (Å²) >= 11 is 0. The first kappa shape index (κ1) is 25.7. The number of amides is 1. The molecule has 0 bridgehead atoms. The first-order chi connectivity index (χ1) is 17.6. The van der Waals surface area contributed by atoms with Crippen LogP contribution in [-0.2, 0) is 36.8 Å². The number of hydrogen-bond donors (Lipinski definition) is 1. The Hall–Kier alpha value is -2.90. The highest BCUT2D eigenvalue weighted by atomic mass is 16.7. The molecule has 2 aliphatic carbocycles. The molecule has 3 aliphatic rings. The van der Waals surface area contributed by atoms with Crippen molar-refractivity contribution in [2.24, 2.45) is 5.92 Å². The molecule has 1 saturated carbocycles. The second kappa shape index (κ2) is 10.1. The SMILES string of the molecule is C[C@@H]([C@@H]1COC2(CCCC2)O1)[C@H](NC(=O)OCc1cccc2c1Cc1ccccc1-2)C(=O)OC(C)(C)C. The van der Waals surface area contributed by atoms with Crippen LogP contribution in [0, 0.1) is 5.92 Å². The van der Waals surface area contributed by atoms with E-state index in [1.54, 1.807) is 0 Å². The summed E-state index contributed by atoms with van der Waals surface area (Å²) in [4.78, 5) is 26.1. The number of alkyl carbamates (subject to hydrolysis) is 1. The van der Waals surface area contributed by atoms with Gasteiger partial charge in [-0.05, 0) is 67.9 Å². The molecule has 2 aromatic rings.